The number of hydrogen-bond acceptors (Lipinski definition) is 3. The van der Waals surface area contributed by atoms with Gasteiger partial charge >= 0.3 is 0 Å². The number of likely N-dealkylation sites (N-methyl/N-ethyl adjacent to an activating group) is 1. The van der Waals surface area contributed by atoms with Crippen LogP contribution < -0.4 is 11.1 Å². The molecule has 0 heterocycles. The van der Waals surface area contributed by atoms with Gasteiger partial charge in [-0.15, -0.1) is 0 Å². The standard InChI is InChI=1S/C11H18ClN3/c1-8(7-15(2)3)14-11-5-4-9(12)6-10(11)13/h4-6,8,14H,7,13H2,1-3H3. The molecule has 0 spiro atoms. The largest absolute Gasteiger partial charge is 0.397 e. The molecule has 1 aromatic rings. The van der Waals surface area contributed by atoms with Crippen molar-refractivity contribution in [1.29, 1.82) is 0 Å². The highest BCUT2D eigenvalue weighted by molar-refractivity contribution is 6.31. The first-order chi connectivity index (χ1) is 6.99. The Hall–Kier alpha value is -0.930. The van der Waals surface area contributed by atoms with Gasteiger partial charge in [-0.25, -0.2) is 0 Å². The fraction of sp³-hybridized carbons (Fsp3) is 0.455. The highest BCUT2D eigenvalue weighted by Crippen LogP contribution is 2.23. The van der Waals surface area contributed by atoms with E-state index in [0.717, 1.165) is 12.2 Å². The summed E-state index contributed by atoms with van der Waals surface area (Å²) in [6.07, 6.45) is 0. The van der Waals surface area contributed by atoms with E-state index in [4.69, 9.17) is 17.3 Å². The summed E-state index contributed by atoms with van der Waals surface area (Å²) in [5, 5.41) is 4.01. The molecule has 0 saturated heterocycles. The number of hydrogen-bond donors (Lipinski definition) is 2. The van der Waals surface area contributed by atoms with Gasteiger partial charge in [0, 0.05) is 17.6 Å². The Labute approximate surface area is 96.2 Å². The molecular weight excluding hydrogens is 210 g/mol. The molecular formula is C11H18ClN3. The van der Waals surface area contributed by atoms with Crippen LogP contribution in [0.2, 0.25) is 5.02 Å². The maximum atomic E-state index is 5.84. The lowest BCUT2D eigenvalue weighted by Crippen LogP contribution is -2.29. The third-order valence-electron chi connectivity index (χ3n) is 2.05. The lowest BCUT2D eigenvalue weighted by molar-refractivity contribution is 0.392. The van der Waals surface area contributed by atoms with Gasteiger partial charge in [0.05, 0.1) is 11.4 Å². The summed E-state index contributed by atoms with van der Waals surface area (Å²) in [5.74, 6) is 0. The zero-order valence-corrected chi connectivity index (χ0v) is 10.2. The molecule has 0 amide bonds. The fourth-order valence-electron chi connectivity index (χ4n) is 1.52. The van der Waals surface area contributed by atoms with Gasteiger partial charge < -0.3 is 16.0 Å². The van der Waals surface area contributed by atoms with Crippen LogP contribution in [-0.4, -0.2) is 31.6 Å². The molecule has 3 N–H and O–H groups in total. The van der Waals surface area contributed by atoms with Gasteiger partial charge in [-0.3, -0.25) is 0 Å². The van der Waals surface area contributed by atoms with Crippen molar-refractivity contribution in [3.05, 3.63) is 23.2 Å². The summed E-state index contributed by atoms with van der Waals surface area (Å²) in [4.78, 5) is 2.13. The van der Waals surface area contributed by atoms with Gasteiger partial charge in [-0.2, -0.15) is 0 Å². The molecule has 15 heavy (non-hydrogen) atoms. The summed E-state index contributed by atoms with van der Waals surface area (Å²) >= 11 is 5.82. The predicted molar refractivity (Wildman–Crippen MR) is 67.5 cm³/mol. The van der Waals surface area contributed by atoms with Crippen molar-refractivity contribution >= 4 is 23.0 Å². The zero-order chi connectivity index (χ0) is 11.4. The minimum absolute atomic E-state index is 0.350. The van der Waals surface area contributed by atoms with Gasteiger partial charge in [-0.1, -0.05) is 11.6 Å². The van der Waals surface area contributed by atoms with E-state index in [1.54, 1.807) is 6.07 Å². The minimum atomic E-state index is 0.350. The Morgan fingerprint density at radius 2 is 2.13 bits per heavy atom. The molecule has 0 aromatic heterocycles. The van der Waals surface area contributed by atoms with E-state index in [0.29, 0.717) is 16.8 Å². The third kappa shape index (κ3) is 3.98. The van der Waals surface area contributed by atoms with E-state index >= 15 is 0 Å². The lowest BCUT2D eigenvalue weighted by Gasteiger charge is -2.20. The Morgan fingerprint density at radius 3 is 2.67 bits per heavy atom. The number of rotatable bonds is 4. The maximum absolute atomic E-state index is 5.84. The normalized spacial score (nSPS) is 12.9. The summed E-state index contributed by atoms with van der Waals surface area (Å²) in [6.45, 7) is 3.08. The van der Waals surface area contributed by atoms with E-state index in [9.17, 15) is 0 Å². The van der Waals surface area contributed by atoms with Gasteiger partial charge in [0.25, 0.3) is 0 Å². The highest BCUT2D eigenvalue weighted by Gasteiger charge is 2.05. The number of nitrogen functional groups attached to an aromatic ring is 1. The average Bonchev–Trinajstić information content (AvgIpc) is 2.08. The van der Waals surface area contributed by atoms with Crippen LogP contribution >= 0.6 is 11.6 Å². The topological polar surface area (TPSA) is 41.3 Å². The van der Waals surface area contributed by atoms with Crippen molar-refractivity contribution in [2.75, 3.05) is 31.7 Å². The Kier molecular flexibility index (Phi) is 4.24. The summed E-state index contributed by atoms with van der Waals surface area (Å²) in [5.41, 5.74) is 7.47. The Bertz CT molecular complexity index is 326. The van der Waals surface area contributed by atoms with Crippen LogP contribution in [0.1, 0.15) is 6.92 Å². The van der Waals surface area contributed by atoms with E-state index in [1.807, 2.05) is 26.2 Å². The second kappa shape index (κ2) is 5.24. The number of nitrogens with zero attached hydrogens (tertiary/aromatic N) is 1. The zero-order valence-electron chi connectivity index (χ0n) is 9.42. The molecule has 84 valence electrons. The maximum Gasteiger partial charge on any atom is 0.0577 e. The molecule has 0 aliphatic heterocycles. The third-order valence-corrected chi connectivity index (χ3v) is 2.29. The van der Waals surface area contributed by atoms with Crippen LogP contribution in [0.3, 0.4) is 0 Å². The van der Waals surface area contributed by atoms with Gasteiger partial charge in [0.2, 0.25) is 0 Å². The number of nitrogens with one attached hydrogen (secondary N) is 1. The van der Waals surface area contributed by atoms with Crippen molar-refractivity contribution in [2.45, 2.75) is 13.0 Å². The van der Waals surface area contributed by atoms with Crippen LogP contribution in [0.25, 0.3) is 0 Å². The van der Waals surface area contributed by atoms with Crippen LogP contribution in [0.5, 0.6) is 0 Å². The Balaban J connectivity index is 2.64. The first kappa shape index (κ1) is 12.1. The quantitative estimate of drug-likeness (QED) is 0.776. The van der Waals surface area contributed by atoms with Crippen LogP contribution in [0, 0.1) is 0 Å². The summed E-state index contributed by atoms with van der Waals surface area (Å²) in [7, 11) is 4.09. The molecule has 4 heteroatoms. The van der Waals surface area contributed by atoms with Crippen molar-refractivity contribution in [3.63, 3.8) is 0 Å². The monoisotopic (exact) mass is 227 g/mol. The van der Waals surface area contributed by atoms with Gasteiger partial charge in [-0.05, 0) is 39.2 Å². The van der Waals surface area contributed by atoms with E-state index in [1.165, 1.54) is 0 Å². The number of nitrogens with two attached hydrogens (primary N) is 1. The molecule has 0 fully saturated rings. The molecule has 0 radical (unpaired) electrons. The smallest absolute Gasteiger partial charge is 0.0577 e. The molecule has 3 nitrogen and oxygen atoms in total. The second-order valence-corrected chi connectivity index (χ2v) is 4.48. The van der Waals surface area contributed by atoms with Crippen LogP contribution in [0.15, 0.2) is 18.2 Å². The van der Waals surface area contributed by atoms with E-state index < -0.39 is 0 Å². The number of anilines is 2. The van der Waals surface area contributed by atoms with Crippen molar-refractivity contribution in [3.8, 4) is 0 Å². The van der Waals surface area contributed by atoms with Crippen molar-refractivity contribution in [1.82, 2.24) is 4.90 Å². The van der Waals surface area contributed by atoms with Crippen LogP contribution in [0.4, 0.5) is 11.4 Å². The van der Waals surface area contributed by atoms with Gasteiger partial charge in [0.15, 0.2) is 0 Å². The van der Waals surface area contributed by atoms with E-state index in [2.05, 4.69) is 17.1 Å². The van der Waals surface area contributed by atoms with Gasteiger partial charge in [0.1, 0.15) is 0 Å². The molecule has 0 aliphatic carbocycles. The fourth-order valence-corrected chi connectivity index (χ4v) is 1.70. The van der Waals surface area contributed by atoms with Crippen molar-refractivity contribution < 1.29 is 0 Å². The molecule has 0 saturated carbocycles. The molecule has 0 aliphatic rings. The molecule has 1 atom stereocenters. The number of halogens is 1. The molecule has 1 aromatic carbocycles. The summed E-state index contributed by atoms with van der Waals surface area (Å²) < 4.78 is 0. The summed E-state index contributed by atoms with van der Waals surface area (Å²) in [6, 6.07) is 5.85. The van der Waals surface area contributed by atoms with Crippen LogP contribution in [-0.2, 0) is 0 Å². The SMILES string of the molecule is CC(CN(C)C)Nc1ccc(Cl)cc1N. The molecule has 1 unspecified atom stereocenters. The van der Waals surface area contributed by atoms with E-state index in [-0.39, 0.29) is 0 Å². The second-order valence-electron chi connectivity index (χ2n) is 4.04. The van der Waals surface area contributed by atoms with Crippen molar-refractivity contribution in [2.24, 2.45) is 0 Å². The lowest BCUT2D eigenvalue weighted by atomic mass is 10.2. The predicted octanol–water partition coefficient (Wildman–Crippen LogP) is 2.28. The average molecular weight is 228 g/mol. The minimum Gasteiger partial charge on any atom is -0.397 e. The highest BCUT2D eigenvalue weighted by atomic mass is 35.5. The Morgan fingerprint density at radius 1 is 1.47 bits per heavy atom. The molecule has 0 bridgehead atoms. The number of benzene rings is 1. The first-order valence-electron chi connectivity index (χ1n) is 4.95. The molecule has 1 rings (SSSR count). The first-order valence-corrected chi connectivity index (χ1v) is 5.33.